The molecule has 1 heterocycles. The van der Waals surface area contributed by atoms with Crippen LogP contribution in [0.25, 0.3) is 11.0 Å². The zero-order chi connectivity index (χ0) is 13.2. The second-order valence-electron chi connectivity index (χ2n) is 4.66. The largest absolute Gasteiger partial charge is 0.320 e. The first-order chi connectivity index (χ1) is 9.25. The van der Waals surface area contributed by atoms with Crippen molar-refractivity contribution in [3.05, 3.63) is 71.5 Å². The second kappa shape index (κ2) is 4.78. The van der Waals surface area contributed by atoms with Crippen LogP contribution in [0.1, 0.15) is 22.7 Å². The molecule has 0 spiro atoms. The molecule has 3 nitrogen and oxygen atoms in total. The smallest absolute Gasteiger partial charge is 0.0937 e. The van der Waals surface area contributed by atoms with E-state index in [1.165, 1.54) is 5.56 Å². The number of nitrogens with two attached hydrogens (primary N) is 1. The monoisotopic (exact) mass is 249 g/mol. The summed E-state index contributed by atoms with van der Waals surface area (Å²) in [5.41, 5.74) is 11.4. The Morgan fingerprint density at radius 2 is 1.68 bits per heavy atom. The lowest BCUT2D eigenvalue weighted by Crippen LogP contribution is -2.12. The van der Waals surface area contributed by atoms with Crippen molar-refractivity contribution >= 4 is 11.0 Å². The summed E-state index contributed by atoms with van der Waals surface area (Å²) in [6.45, 7) is 2.07. The van der Waals surface area contributed by atoms with Crippen LogP contribution in [0.3, 0.4) is 0 Å². The second-order valence-corrected chi connectivity index (χ2v) is 4.66. The van der Waals surface area contributed by atoms with Gasteiger partial charge in [0.05, 0.1) is 17.1 Å². The minimum atomic E-state index is -0.180. The summed E-state index contributed by atoms with van der Waals surface area (Å²) < 4.78 is 0. The molecule has 3 aromatic rings. The summed E-state index contributed by atoms with van der Waals surface area (Å²) in [6, 6.07) is 14.0. The van der Waals surface area contributed by atoms with Crippen molar-refractivity contribution in [2.24, 2.45) is 5.73 Å². The maximum Gasteiger partial charge on any atom is 0.0937 e. The summed E-state index contributed by atoms with van der Waals surface area (Å²) in [6.07, 6.45) is 3.40. The summed E-state index contributed by atoms with van der Waals surface area (Å²) in [7, 11) is 0. The molecule has 94 valence electrons. The van der Waals surface area contributed by atoms with Gasteiger partial charge in [0.1, 0.15) is 0 Å². The average molecular weight is 249 g/mol. The molecule has 0 aliphatic heterocycles. The SMILES string of the molecule is Cc1ccc(C(N)c2cccc3nccnc23)cc1. The van der Waals surface area contributed by atoms with E-state index in [1.807, 2.05) is 18.2 Å². The minimum Gasteiger partial charge on any atom is -0.320 e. The molecule has 0 saturated heterocycles. The maximum atomic E-state index is 6.36. The molecule has 0 aliphatic carbocycles. The molecule has 0 radical (unpaired) electrons. The number of aryl methyl sites for hydroxylation is 1. The predicted molar refractivity (Wildman–Crippen MR) is 76.7 cm³/mol. The first-order valence-electron chi connectivity index (χ1n) is 6.27. The fourth-order valence-corrected chi connectivity index (χ4v) is 2.22. The first-order valence-corrected chi connectivity index (χ1v) is 6.27. The summed E-state index contributed by atoms with van der Waals surface area (Å²) >= 11 is 0. The third-order valence-corrected chi connectivity index (χ3v) is 3.30. The Hall–Kier alpha value is -2.26. The van der Waals surface area contributed by atoms with Gasteiger partial charge >= 0.3 is 0 Å². The highest BCUT2D eigenvalue weighted by molar-refractivity contribution is 5.78. The van der Waals surface area contributed by atoms with Crippen LogP contribution >= 0.6 is 0 Å². The van der Waals surface area contributed by atoms with Crippen molar-refractivity contribution in [1.29, 1.82) is 0 Å². The van der Waals surface area contributed by atoms with E-state index in [1.54, 1.807) is 12.4 Å². The topological polar surface area (TPSA) is 51.8 Å². The van der Waals surface area contributed by atoms with Crippen LogP contribution in [0, 0.1) is 6.92 Å². The lowest BCUT2D eigenvalue weighted by atomic mass is 9.97. The molecule has 1 atom stereocenters. The van der Waals surface area contributed by atoms with E-state index >= 15 is 0 Å². The van der Waals surface area contributed by atoms with E-state index in [0.717, 1.165) is 22.2 Å². The van der Waals surface area contributed by atoms with Crippen molar-refractivity contribution in [2.75, 3.05) is 0 Å². The lowest BCUT2D eigenvalue weighted by Gasteiger charge is -2.14. The van der Waals surface area contributed by atoms with Crippen LogP contribution in [-0.4, -0.2) is 9.97 Å². The zero-order valence-electron chi connectivity index (χ0n) is 10.7. The average Bonchev–Trinajstić information content (AvgIpc) is 2.47. The van der Waals surface area contributed by atoms with Crippen molar-refractivity contribution in [1.82, 2.24) is 9.97 Å². The molecule has 0 aliphatic rings. The van der Waals surface area contributed by atoms with Gasteiger partial charge in [-0.05, 0) is 18.6 Å². The number of para-hydroxylation sites is 1. The fraction of sp³-hybridized carbons (Fsp3) is 0.125. The molecule has 2 N–H and O–H groups in total. The van der Waals surface area contributed by atoms with E-state index in [4.69, 9.17) is 5.73 Å². The third kappa shape index (κ3) is 2.20. The fourth-order valence-electron chi connectivity index (χ4n) is 2.22. The number of hydrogen-bond acceptors (Lipinski definition) is 3. The Labute approximate surface area is 112 Å². The first kappa shape index (κ1) is 11.8. The number of hydrogen-bond donors (Lipinski definition) is 1. The van der Waals surface area contributed by atoms with Crippen molar-refractivity contribution < 1.29 is 0 Å². The Kier molecular flexibility index (Phi) is 2.97. The lowest BCUT2D eigenvalue weighted by molar-refractivity contribution is 0.876. The standard InChI is InChI=1S/C16H15N3/c1-11-5-7-12(8-6-11)15(17)13-3-2-4-14-16(13)19-10-9-18-14/h2-10,15H,17H2,1H3. The van der Waals surface area contributed by atoms with Gasteiger partial charge in [-0.3, -0.25) is 9.97 Å². The van der Waals surface area contributed by atoms with Gasteiger partial charge in [0.25, 0.3) is 0 Å². The van der Waals surface area contributed by atoms with E-state index < -0.39 is 0 Å². The van der Waals surface area contributed by atoms with E-state index in [0.29, 0.717) is 0 Å². The third-order valence-electron chi connectivity index (χ3n) is 3.30. The van der Waals surface area contributed by atoms with Crippen LogP contribution in [0.4, 0.5) is 0 Å². The van der Waals surface area contributed by atoms with Crippen LogP contribution < -0.4 is 5.73 Å². The molecule has 3 heteroatoms. The number of rotatable bonds is 2. The number of nitrogens with zero attached hydrogens (tertiary/aromatic N) is 2. The normalized spacial score (nSPS) is 12.5. The van der Waals surface area contributed by atoms with Crippen LogP contribution in [0.5, 0.6) is 0 Å². The van der Waals surface area contributed by atoms with Crippen LogP contribution in [0.2, 0.25) is 0 Å². The van der Waals surface area contributed by atoms with Crippen molar-refractivity contribution in [3.63, 3.8) is 0 Å². The zero-order valence-corrected chi connectivity index (χ0v) is 10.7. The number of fused-ring (bicyclic) bond motifs is 1. The van der Waals surface area contributed by atoms with E-state index in [2.05, 4.69) is 41.2 Å². The van der Waals surface area contributed by atoms with Gasteiger partial charge < -0.3 is 5.73 Å². The van der Waals surface area contributed by atoms with Crippen molar-refractivity contribution in [3.8, 4) is 0 Å². The maximum absolute atomic E-state index is 6.36. The quantitative estimate of drug-likeness (QED) is 0.759. The Morgan fingerprint density at radius 3 is 2.47 bits per heavy atom. The molecule has 3 rings (SSSR count). The molecular weight excluding hydrogens is 234 g/mol. The number of aromatic nitrogens is 2. The summed E-state index contributed by atoms with van der Waals surface area (Å²) in [5, 5.41) is 0. The molecule has 2 aromatic carbocycles. The number of benzene rings is 2. The molecule has 1 unspecified atom stereocenters. The van der Waals surface area contributed by atoms with Gasteiger partial charge in [-0.25, -0.2) is 0 Å². The van der Waals surface area contributed by atoms with Crippen LogP contribution in [-0.2, 0) is 0 Å². The highest BCUT2D eigenvalue weighted by Gasteiger charge is 2.12. The Balaban J connectivity index is 2.11. The van der Waals surface area contributed by atoms with Gasteiger partial charge in [-0.2, -0.15) is 0 Å². The summed E-state index contributed by atoms with van der Waals surface area (Å²) in [5.74, 6) is 0. The predicted octanol–water partition coefficient (Wildman–Crippen LogP) is 2.99. The Morgan fingerprint density at radius 1 is 0.947 bits per heavy atom. The highest BCUT2D eigenvalue weighted by Crippen LogP contribution is 2.25. The van der Waals surface area contributed by atoms with Gasteiger partial charge in [0.15, 0.2) is 0 Å². The molecule has 0 fully saturated rings. The molecule has 0 bridgehead atoms. The van der Waals surface area contributed by atoms with Crippen LogP contribution in [0.15, 0.2) is 54.9 Å². The molecular formula is C16H15N3. The molecule has 0 saturated carbocycles. The van der Waals surface area contributed by atoms with Gasteiger partial charge in [-0.1, -0.05) is 42.0 Å². The molecule has 0 amide bonds. The van der Waals surface area contributed by atoms with E-state index in [-0.39, 0.29) is 6.04 Å². The Bertz CT molecular complexity index is 699. The molecule has 19 heavy (non-hydrogen) atoms. The van der Waals surface area contributed by atoms with Crippen molar-refractivity contribution in [2.45, 2.75) is 13.0 Å². The minimum absolute atomic E-state index is 0.180. The highest BCUT2D eigenvalue weighted by atomic mass is 14.8. The van der Waals surface area contributed by atoms with E-state index in [9.17, 15) is 0 Å². The summed E-state index contributed by atoms with van der Waals surface area (Å²) in [4.78, 5) is 8.72. The molecule has 1 aromatic heterocycles. The van der Waals surface area contributed by atoms with Gasteiger partial charge in [0.2, 0.25) is 0 Å². The van der Waals surface area contributed by atoms with Gasteiger partial charge in [-0.15, -0.1) is 0 Å². The van der Waals surface area contributed by atoms with Gasteiger partial charge in [0, 0.05) is 18.0 Å².